The van der Waals surface area contributed by atoms with Crippen molar-refractivity contribution in [3.05, 3.63) is 0 Å². The van der Waals surface area contributed by atoms with Crippen LogP contribution in [0.1, 0.15) is 26.2 Å². The van der Waals surface area contributed by atoms with Gasteiger partial charge in [-0.25, -0.2) is 0 Å². The number of esters is 1. The molecule has 0 unspecified atom stereocenters. The fraction of sp³-hybridized carbons (Fsp3) is 0.750. The van der Waals surface area contributed by atoms with E-state index < -0.39 is 0 Å². The monoisotopic (exact) mass is 238 g/mol. The second-order valence-corrected chi connectivity index (χ2v) is 4.65. The number of thiol groups is 1. The average Bonchev–Trinajstić information content (AvgIpc) is 2.05. The Kier molecular flexibility index (Phi) is 9.02. The van der Waals surface area contributed by atoms with Crippen LogP contribution in [0, 0.1) is 0 Å². The van der Waals surface area contributed by atoms with Crippen molar-refractivity contribution in [3.63, 3.8) is 0 Å². The maximum atomic E-state index is 11.1. The Hall–Kier alpha value is 0.260. The molecule has 0 heterocycles. The van der Waals surface area contributed by atoms with Gasteiger partial charge in [0, 0.05) is 6.42 Å². The van der Waals surface area contributed by atoms with E-state index in [0.29, 0.717) is 10.8 Å². The molecule has 0 aromatic carbocycles. The van der Waals surface area contributed by atoms with Gasteiger partial charge < -0.3 is 4.74 Å². The number of hydrogen-bond acceptors (Lipinski definition) is 5. The zero-order chi connectivity index (χ0) is 10.1. The molecule has 2 nitrogen and oxygen atoms in total. The van der Waals surface area contributed by atoms with E-state index in [9.17, 15) is 4.79 Å². The minimum absolute atomic E-state index is 0.229. The number of unbranched alkanes of at least 4 members (excludes halogenated alkanes) is 1. The van der Waals surface area contributed by atoms with Gasteiger partial charge in [-0.05, 0) is 36.6 Å². The minimum atomic E-state index is -0.229. The molecule has 5 heteroatoms. The Labute approximate surface area is 94.2 Å². The van der Waals surface area contributed by atoms with Crippen molar-refractivity contribution >= 4 is 47.0 Å². The second kappa shape index (κ2) is 8.84. The van der Waals surface area contributed by atoms with Gasteiger partial charge in [0.05, 0.1) is 0 Å². The molecule has 0 bridgehead atoms. The van der Waals surface area contributed by atoms with Crippen molar-refractivity contribution in [1.82, 2.24) is 0 Å². The molecular weight excluding hydrogens is 224 g/mol. The van der Waals surface area contributed by atoms with E-state index in [1.54, 1.807) is 0 Å². The summed E-state index contributed by atoms with van der Waals surface area (Å²) in [5.41, 5.74) is 0. The van der Waals surface area contributed by atoms with Crippen LogP contribution in [0.25, 0.3) is 0 Å². The molecular formula is C8H14O2S3. The van der Waals surface area contributed by atoms with Crippen molar-refractivity contribution in [2.45, 2.75) is 26.2 Å². The quantitative estimate of drug-likeness (QED) is 0.345. The van der Waals surface area contributed by atoms with Gasteiger partial charge in [0.1, 0.15) is 0 Å². The lowest BCUT2D eigenvalue weighted by Crippen LogP contribution is -2.07. The lowest BCUT2D eigenvalue weighted by Gasteiger charge is -2.02. The maximum absolute atomic E-state index is 11.1. The Bertz CT molecular complexity index is 171. The van der Waals surface area contributed by atoms with Gasteiger partial charge in [0.2, 0.25) is 4.38 Å². The van der Waals surface area contributed by atoms with Gasteiger partial charge in [-0.1, -0.05) is 18.7 Å². The molecule has 0 aliphatic carbocycles. The van der Waals surface area contributed by atoms with Crippen LogP contribution >= 0.6 is 36.6 Å². The van der Waals surface area contributed by atoms with Gasteiger partial charge in [0.15, 0.2) is 0 Å². The number of hydrogen-bond donors (Lipinski definition) is 1. The van der Waals surface area contributed by atoms with Crippen LogP contribution in [-0.2, 0) is 9.53 Å². The SMILES string of the molecule is CCSC(=S)OC(=O)CCCCS. The molecule has 0 aromatic heterocycles. The van der Waals surface area contributed by atoms with E-state index >= 15 is 0 Å². The number of thiocarbonyl (C=S) groups is 1. The molecule has 0 amide bonds. The molecule has 0 N–H and O–H groups in total. The fourth-order valence-electron chi connectivity index (χ4n) is 0.672. The lowest BCUT2D eigenvalue weighted by molar-refractivity contribution is -0.135. The van der Waals surface area contributed by atoms with Gasteiger partial charge in [-0.3, -0.25) is 4.79 Å². The number of ether oxygens (including phenoxy) is 1. The van der Waals surface area contributed by atoms with E-state index in [1.165, 1.54) is 11.8 Å². The Morgan fingerprint density at radius 3 is 2.77 bits per heavy atom. The van der Waals surface area contributed by atoms with Gasteiger partial charge in [-0.2, -0.15) is 12.6 Å². The number of rotatable bonds is 5. The van der Waals surface area contributed by atoms with Gasteiger partial charge >= 0.3 is 5.97 Å². The van der Waals surface area contributed by atoms with E-state index in [2.05, 4.69) is 12.6 Å². The van der Waals surface area contributed by atoms with Gasteiger partial charge in [0.25, 0.3) is 0 Å². The summed E-state index contributed by atoms with van der Waals surface area (Å²) in [5, 5.41) is 0. The zero-order valence-corrected chi connectivity index (χ0v) is 10.1. The summed E-state index contributed by atoms with van der Waals surface area (Å²) in [5.74, 6) is 1.41. The third-order valence-corrected chi connectivity index (χ3v) is 2.61. The smallest absolute Gasteiger partial charge is 0.312 e. The third kappa shape index (κ3) is 8.59. The lowest BCUT2D eigenvalue weighted by atomic mass is 10.2. The predicted molar refractivity (Wildman–Crippen MR) is 64.5 cm³/mol. The first-order chi connectivity index (χ1) is 6.20. The minimum Gasteiger partial charge on any atom is -0.408 e. The van der Waals surface area contributed by atoms with Crippen molar-refractivity contribution in [3.8, 4) is 0 Å². The molecule has 0 aliphatic heterocycles. The van der Waals surface area contributed by atoms with Crippen LogP contribution in [0.15, 0.2) is 0 Å². The molecule has 0 saturated carbocycles. The molecule has 0 rings (SSSR count). The third-order valence-electron chi connectivity index (χ3n) is 1.25. The second-order valence-electron chi connectivity index (χ2n) is 2.34. The van der Waals surface area contributed by atoms with Crippen molar-refractivity contribution < 1.29 is 9.53 Å². The summed E-state index contributed by atoms with van der Waals surface area (Å²) in [6, 6.07) is 0. The summed E-state index contributed by atoms with van der Waals surface area (Å²) in [6.07, 6.45) is 2.19. The molecule has 76 valence electrons. The first-order valence-corrected chi connectivity index (χ1v) is 6.21. The van der Waals surface area contributed by atoms with E-state index in [1.807, 2.05) is 6.92 Å². The Morgan fingerprint density at radius 1 is 1.54 bits per heavy atom. The van der Waals surface area contributed by atoms with Gasteiger partial charge in [-0.15, -0.1) is 0 Å². The van der Waals surface area contributed by atoms with Crippen molar-refractivity contribution in [2.24, 2.45) is 0 Å². The number of carbonyl (C=O) groups excluding carboxylic acids is 1. The summed E-state index contributed by atoms with van der Waals surface area (Å²) >= 11 is 10.2. The van der Waals surface area contributed by atoms with Crippen LogP contribution in [0.4, 0.5) is 0 Å². The number of carbonyl (C=O) groups is 1. The fourth-order valence-corrected chi connectivity index (χ4v) is 1.73. The Morgan fingerprint density at radius 2 is 2.23 bits per heavy atom. The largest absolute Gasteiger partial charge is 0.408 e. The van der Waals surface area contributed by atoms with Crippen LogP contribution in [0.2, 0.25) is 0 Å². The molecule has 0 spiro atoms. The highest BCUT2D eigenvalue weighted by molar-refractivity contribution is 8.22. The van der Waals surface area contributed by atoms with Crippen LogP contribution in [-0.4, -0.2) is 21.9 Å². The Balaban J connectivity index is 3.44. The molecule has 13 heavy (non-hydrogen) atoms. The first-order valence-electron chi connectivity index (χ1n) is 4.19. The normalized spacial score (nSPS) is 9.69. The molecule has 0 saturated heterocycles. The molecule has 0 fully saturated rings. The van der Waals surface area contributed by atoms with E-state index in [4.69, 9.17) is 17.0 Å². The molecule has 0 aromatic rings. The summed E-state index contributed by atoms with van der Waals surface area (Å²) < 4.78 is 5.20. The molecule has 0 radical (unpaired) electrons. The summed E-state index contributed by atoms with van der Waals surface area (Å²) in [4.78, 5) is 11.1. The highest BCUT2D eigenvalue weighted by Crippen LogP contribution is 2.07. The standard InChI is InChI=1S/C8H14O2S3/c1-2-13-8(12)10-7(9)5-3-4-6-11/h11H,2-6H2,1H3. The molecule has 0 aliphatic rings. The van der Waals surface area contributed by atoms with E-state index in [0.717, 1.165) is 24.3 Å². The summed E-state index contributed by atoms with van der Waals surface area (Å²) in [6.45, 7) is 1.96. The van der Waals surface area contributed by atoms with Crippen LogP contribution in [0.5, 0.6) is 0 Å². The average molecular weight is 238 g/mol. The molecule has 0 atom stereocenters. The zero-order valence-electron chi connectivity index (χ0n) is 7.62. The predicted octanol–water partition coefficient (Wildman–Crippen LogP) is 2.67. The van der Waals surface area contributed by atoms with Crippen molar-refractivity contribution in [1.29, 1.82) is 0 Å². The first kappa shape index (κ1) is 13.3. The maximum Gasteiger partial charge on any atom is 0.312 e. The van der Waals surface area contributed by atoms with Crippen LogP contribution < -0.4 is 0 Å². The van der Waals surface area contributed by atoms with E-state index in [-0.39, 0.29) is 5.97 Å². The topological polar surface area (TPSA) is 26.3 Å². The highest BCUT2D eigenvalue weighted by Gasteiger charge is 2.05. The van der Waals surface area contributed by atoms with Crippen LogP contribution in [0.3, 0.4) is 0 Å². The highest BCUT2D eigenvalue weighted by atomic mass is 32.2. The summed E-state index contributed by atoms with van der Waals surface area (Å²) in [7, 11) is 0. The number of thioether (sulfide) groups is 1. The van der Waals surface area contributed by atoms with Crippen molar-refractivity contribution in [2.75, 3.05) is 11.5 Å².